The van der Waals surface area contributed by atoms with Gasteiger partial charge in [0.1, 0.15) is 0 Å². The van der Waals surface area contributed by atoms with Gasteiger partial charge in [-0.2, -0.15) is 0 Å². The number of rotatable bonds is 5. The third-order valence-corrected chi connectivity index (χ3v) is 3.58. The molecule has 1 heterocycles. The molecule has 0 aromatic carbocycles. The summed E-state index contributed by atoms with van der Waals surface area (Å²) in [6.45, 7) is 4.49. The van der Waals surface area contributed by atoms with Gasteiger partial charge < -0.3 is 4.90 Å². The van der Waals surface area contributed by atoms with Crippen LogP contribution in [0.15, 0.2) is 0 Å². The van der Waals surface area contributed by atoms with Gasteiger partial charge in [0.15, 0.2) is 0 Å². The van der Waals surface area contributed by atoms with Gasteiger partial charge in [0, 0.05) is 28.9 Å². The van der Waals surface area contributed by atoms with E-state index >= 15 is 0 Å². The van der Waals surface area contributed by atoms with Crippen LogP contribution in [0.1, 0.15) is 26.7 Å². The summed E-state index contributed by atoms with van der Waals surface area (Å²) in [6, 6.07) is 0.0647. The molecule has 5 heteroatoms. The van der Waals surface area contributed by atoms with Gasteiger partial charge in [-0.15, -0.1) is 0 Å². The molecule has 0 aliphatic carbocycles. The Morgan fingerprint density at radius 3 is 2.87 bits per heavy atom. The number of carbonyl (C=O) groups is 1. The van der Waals surface area contributed by atoms with Gasteiger partial charge >= 0.3 is 0 Å². The van der Waals surface area contributed by atoms with Crippen LogP contribution in [-0.2, 0) is 15.6 Å². The van der Waals surface area contributed by atoms with E-state index < -0.39 is 10.8 Å². The minimum absolute atomic E-state index is 0.0647. The van der Waals surface area contributed by atoms with Gasteiger partial charge in [-0.3, -0.25) is 14.3 Å². The molecular formula is C10H20N2O2S. The number of amides is 1. The van der Waals surface area contributed by atoms with Crippen molar-refractivity contribution in [2.24, 2.45) is 0 Å². The van der Waals surface area contributed by atoms with Crippen molar-refractivity contribution in [3.63, 3.8) is 0 Å². The van der Waals surface area contributed by atoms with Crippen LogP contribution in [0.25, 0.3) is 0 Å². The van der Waals surface area contributed by atoms with Gasteiger partial charge in [-0.25, -0.2) is 0 Å². The van der Waals surface area contributed by atoms with E-state index in [1.807, 2.05) is 11.8 Å². The summed E-state index contributed by atoms with van der Waals surface area (Å²) >= 11 is 0. The average molecular weight is 232 g/mol. The van der Waals surface area contributed by atoms with Crippen molar-refractivity contribution in [2.45, 2.75) is 38.9 Å². The zero-order valence-corrected chi connectivity index (χ0v) is 10.5. The van der Waals surface area contributed by atoms with Crippen molar-refractivity contribution in [1.29, 1.82) is 0 Å². The maximum Gasteiger partial charge on any atom is 0.238 e. The molecule has 1 saturated heterocycles. The number of hydrogen-bond acceptors (Lipinski definition) is 3. The first kappa shape index (κ1) is 12.6. The first-order valence-electron chi connectivity index (χ1n) is 5.40. The molecule has 1 aliphatic rings. The summed E-state index contributed by atoms with van der Waals surface area (Å²) in [5.74, 6) is 0.694. The molecule has 0 aromatic heterocycles. The lowest BCUT2D eigenvalue weighted by Gasteiger charge is -2.29. The van der Waals surface area contributed by atoms with E-state index in [0.29, 0.717) is 12.3 Å². The lowest BCUT2D eigenvalue weighted by atomic mass is 10.2. The third-order valence-electron chi connectivity index (χ3n) is 2.63. The van der Waals surface area contributed by atoms with Crippen LogP contribution in [0.2, 0.25) is 0 Å². The summed E-state index contributed by atoms with van der Waals surface area (Å²) in [4.78, 5) is 13.5. The van der Waals surface area contributed by atoms with Crippen molar-refractivity contribution >= 4 is 16.7 Å². The highest BCUT2D eigenvalue weighted by molar-refractivity contribution is 7.84. The molecule has 0 bridgehead atoms. The third kappa shape index (κ3) is 3.28. The number of carbonyl (C=O) groups excluding carboxylic acids is 1. The molecule has 1 aliphatic heterocycles. The van der Waals surface area contributed by atoms with Crippen LogP contribution >= 0.6 is 0 Å². The Kier molecular flexibility index (Phi) is 4.73. The summed E-state index contributed by atoms with van der Waals surface area (Å²) < 4.78 is 11.1. The quantitative estimate of drug-likeness (QED) is 0.742. The molecular weight excluding hydrogens is 212 g/mol. The monoisotopic (exact) mass is 232 g/mol. The van der Waals surface area contributed by atoms with Crippen molar-refractivity contribution in [1.82, 2.24) is 10.2 Å². The van der Waals surface area contributed by atoms with E-state index in [2.05, 4.69) is 12.2 Å². The molecule has 0 radical (unpaired) electrons. The Bertz CT molecular complexity index is 258. The normalized spacial score (nSPS) is 25.7. The molecule has 4 nitrogen and oxygen atoms in total. The topological polar surface area (TPSA) is 49.4 Å². The smallest absolute Gasteiger partial charge is 0.238 e. The van der Waals surface area contributed by atoms with E-state index in [9.17, 15) is 9.00 Å². The minimum Gasteiger partial charge on any atom is -0.322 e. The van der Waals surface area contributed by atoms with E-state index in [4.69, 9.17) is 0 Å². The minimum atomic E-state index is -0.847. The predicted octanol–water partition coefficient (Wildman–Crippen LogP) is 0.311. The van der Waals surface area contributed by atoms with E-state index in [0.717, 1.165) is 12.8 Å². The maximum atomic E-state index is 11.6. The highest BCUT2D eigenvalue weighted by atomic mass is 32.2. The van der Waals surface area contributed by atoms with Crippen molar-refractivity contribution in [3.8, 4) is 0 Å². The Hall–Kier alpha value is -0.420. The second-order valence-electron chi connectivity index (χ2n) is 4.08. The van der Waals surface area contributed by atoms with Crippen LogP contribution in [0.3, 0.4) is 0 Å². The Morgan fingerprint density at radius 2 is 2.33 bits per heavy atom. The number of nitrogens with zero attached hydrogens (tertiary/aromatic N) is 1. The zero-order valence-electron chi connectivity index (χ0n) is 9.66. The largest absolute Gasteiger partial charge is 0.322 e. The molecule has 0 aromatic rings. The van der Waals surface area contributed by atoms with Gasteiger partial charge in [0.25, 0.3) is 0 Å². The molecule has 0 saturated carbocycles. The second kappa shape index (κ2) is 5.61. The standard InChI is InChI=1S/C10H20N2O2S/c1-4-5-9-11-6-10(13)12(9)8(2)7-15(3)14/h8-9,11H,4-7H2,1-3H3. The summed E-state index contributed by atoms with van der Waals surface area (Å²) in [7, 11) is -0.847. The predicted molar refractivity (Wildman–Crippen MR) is 61.9 cm³/mol. The van der Waals surface area contributed by atoms with Crippen molar-refractivity contribution in [3.05, 3.63) is 0 Å². The van der Waals surface area contributed by atoms with E-state index in [1.165, 1.54) is 0 Å². The molecule has 1 fully saturated rings. The highest BCUT2D eigenvalue weighted by Gasteiger charge is 2.33. The zero-order chi connectivity index (χ0) is 11.4. The van der Waals surface area contributed by atoms with Gasteiger partial charge in [0.05, 0.1) is 12.7 Å². The fraction of sp³-hybridized carbons (Fsp3) is 0.900. The van der Waals surface area contributed by atoms with Crippen molar-refractivity contribution in [2.75, 3.05) is 18.6 Å². The molecule has 1 amide bonds. The second-order valence-corrected chi connectivity index (χ2v) is 5.55. The fourth-order valence-electron chi connectivity index (χ4n) is 2.06. The van der Waals surface area contributed by atoms with Crippen LogP contribution in [0.5, 0.6) is 0 Å². The first-order valence-corrected chi connectivity index (χ1v) is 7.13. The maximum absolute atomic E-state index is 11.6. The Labute approximate surface area is 93.9 Å². The number of nitrogens with one attached hydrogen (secondary N) is 1. The Balaban J connectivity index is 2.62. The van der Waals surface area contributed by atoms with Crippen LogP contribution in [0.4, 0.5) is 0 Å². The number of hydrogen-bond donors (Lipinski definition) is 1. The van der Waals surface area contributed by atoms with Crippen LogP contribution in [-0.4, -0.2) is 45.8 Å². The van der Waals surface area contributed by atoms with Crippen LogP contribution < -0.4 is 5.32 Å². The SMILES string of the molecule is CCCC1NCC(=O)N1C(C)CS(C)=O. The molecule has 3 unspecified atom stereocenters. The first-order chi connectivity index (χ1) is 7.06. The van der Waals surface area contributed by atoms with E-state index in [1.54, 1.807) is 6.26 Å². The lowest BCUT2D eigenvalue weighted by molar-refractivity contribution is -0.129. The summed E-state index contributed by atoms with van der Waals surface area (Å²) in [6.07, 6.45) is 3.83. The Morgan fingerprint density at radius 1 is 1.67 bits per heavy atom. The highest BCUT2D eigenvalue weighted by Crippen LogP contribution is 2.14. The molecule has 1 rings (SSSR count). The fourth-order valence-corrected chi connectivity index (χ4v) is 2.90. The molecule has 0 spiro atoms. The van der Waals surface area contributed by atoms with Gasteiger partial charge in [-0.05, 0) is 13.3 Å². The van der Waals surface area contributed by atoms with Gasteiger partial charge in [0.2, 0.25) is 5.91 Å². The van der Waals surface area contributed by atoms with Gasteiger partial charge in [-0.1, -0.05) is 13.3 Å². The van der Waals surface area contributed by atoms with E-state index in [-0.39, 0.29) is 18.1 Å². The molecule has 15 heavy (non-hydrogen) atoms. The molecule has 1 N–H and O–H groups in total. The summed E-state index contributed by atoms with van der Waals surface area (Å²) in [5.41, 5.74) is 0. The van der Waals surface area contributed by atoms with Crippen molar-refractivity contribution < 1.29 is 9.00 Å². The van der Waals surface area contributed by atoms with Crippen LogP contribution in [0, 0.1) is 0 Å². The average Bonchev–Trinajstić information content (AvgIpc) is 2.46. The summed E-state index contributed by atoms with van der Waals surface area (Å²) in [5, 5.41) is 3.19. The lowest BCUT2D eigenvalue weighted by Crippen LogP contribution is -2.45. The molecule has 3 atom stereocenters. The molecule has 88 valence electrons.